The Hall–Kier alpha value is -0.570. The molecule has 0 spiro atoms. The Morgan fingerprint density at radius 2 is 2.21 bits per heavy atom. The molecule has 0 fully saturated rings. The van der Waals surface area contributed by atoms with Gasteiger partial charge >= 0.3 is 0 Å². The molecule has 78 valence electrons. The molecule has 2 N–H and O–H groups in total. The van der Waals surface area contributed by atoms with E-state index in [-0.39, 0.29) is 24.3 Å². The minimum absolute atomic E-state index is 0. The van der Waals surface area contributed by atoms with Crippen LogP contribution in [-0.2, 0) is 0 Å². The van der Waals surface area contributed by atoms with E-state index < -0.39 is 0 Å². The lowest BCUT2D eigenvalue weighted by atomic mass is 10.0. The molecule has 14 heavy (non-hydrogen) atoms. The van der Waals surface area contributed by atoms with Crippen LogP contribution in [0.25, 0.3) is 0 Å². The van der Waals surface area contributed by atoms with Gasteiger partial charge in [-0.3, -0.25) is 0 Å². The summed E-state index contributed by atoms with van der Waals surface area (Å²) in [5, 5.41) is 0.370. The molecule has 4 heteroatoms. The lowest BCUT2D eigenvalue weighted by Gasteiger charge is -2.10. The highest BCUT2D eigenvalue weighted by molar-refractivity contribution is 6.31. The quantitative estimate of drug-likeness (QED) is 0.799. The summed E-state index contributed by atoms with van der Waals surface area (Å²) in [5.41, 5.74) is 6.53. The van der Waals surface area contributed by atoms with Crippen molar-refractivity contribution < 1.29 is 4.39 Å². The van der Waals surface area contributed by atoms with Crippen molar-refractivity contribution in [2.24, 2.45) is 5.73 Å². The third kappa shape index (κ3) is 3.29. The van der Waals surface area contributed by atoms with E-state index in [1.807, 2.05) is 0 Å². The fourth-order valence-corrected chi connectivity index (χ4v) is 1.42. The first-order valence-corrected chi connectivity index (χ1v) is 4.34. The first-order chi connectivity index (χ1) is 6.15. The molecule has 0 saturated carbocycles. The zero-order valence-electron chi connectivity index (χ0n) is 7.54. The molecule has 0 amide bonds. The predicted octanol–water partition coefficient (Wildman–Crippen LogP) is 3.48. The van der Waals surface area contributed by atoms with Gasteiger partial charge in [-0.15, -0.1) is 19.0 Å². The van der Waals surface area contributed by atoms with Crippen LogP contribution in [0.1, 0.15) is 18.0 Å². The van der Waals surface area contributed by atoms with E-state index >= 15 is 0 Å². The molecule has 0 radical (unpaired) electrons. The smallest absolute Gasteiger partial charge is 0.124 e. The van der Waals surface area contributed by atoms with Gasteiger partial charge < -0.3 is 5.73 Å². The lowest BCUT2D eigenvalue weighted by Crippen LogP contribution is -2.09. The summed E-state index contributed by atoms with van der Waals surface area (Å²) in [6.07, 6.45) is 2.34. The van der Waals surface area contributed by atoms with Crippen LogP contribution >= 0.6 is 24.0 Å². The van der Waals surface area contributed by atoms with Crippen molar-refractivity contribution in [3.63, 3.8) is 0 Å². The van der Waals surface area contributed by atoms with Crippen molar-refractivity contribution in [1.82, 2.24) is 0 Å². The van der Waals surface area contributed by atoms with E-state index in [9.17, 15) is 4.39 Å². The Balaban J connectivity index is 0.00000169. The molecule has 0 aliphatic rings. The average molecular weight is 236 g/mol. The van der Waals surface area contributed by atoms with E-state index in [0.29, 0.717) is 11.4 Å². The predicted molar refractivity (Wildman–Crippen MR) is 60.4 cm³/mol. The van der Waals surface area contributed by atoms with Crippen LogP contribution in [0.2, 0.25) is 5.02 Å². The van der Waals surface area contributed by atoms with Crippen molar-refractivity contribution in [2.45, 2.75) is 12.5 Å². The third-order valence-corrected chi connectivity index (χ3v) is 2.11. The van der Waals surface area contributed by atoms with Gasteiger partial charge in [0.05, 0.1) is 0 Å². The standard InChI is InChI=1S/C10H11ClFN.ClH/c1-2-3-10(13)8-5-4-7(12)6-9(8)11;/h2,4-6,10H,1,3,13H2;1H/t10-;/m1./s1. The summed E-state index contributed by atoms with van der Waals surface area (Å²) in [5.74, 6) is -0.348. The Kier molecular flexibility index (Phi) is 5.77. The van der Waals surface area contributed by atoms with Gasteiger partial charge in [0.25, 0.3) is 0 Å². The Bertz CT molecular complexity index is 315. The second kappa shape index (κ2) is 6.02. The second-order valence-electron chi connectivity index (χ2n) is 2.80. The monoisotopic (exact) mass is 235 g/mol. The van der Waals surface area contributed by atoms with Crippen molar-refractivity contribution in [2.75, 3.05) is 0 Å². The number of benzene rings is 1. The van der Waals surface area contributed by atoms with E-state index in [4.69, 9.17) is 17.3 Å². The molecule has 1 nitrogen and oxygen atoms in total. The molecule has 0 aliphatic heterocycles. The van der Waals surface area contributed by atoms with Crippen LogP contribution in [0.3, 0.4) is 0 Å². The molecular formula is C10H12Cl2FN. The van der Waals surface area contributed by atoms with Gasteiger partial charge in [-0.1, -0.05) is 23.7 Å². The molecule has 1 rings (SSSR count). The first kappa shape index (κ1) is 13.4. The summed E-state index contributed by atoms with van der Waals surface area (Å²) in [6, 6.07) is 4.01. The van der Waals surface area contributed by atoms with E-state index in [2.05, 4.69) is 6.58 Å². The van der Waals surface area contributed by atoms with Crippen molar-refractivity contribution in [3.8, 4) is 0 Å². The third-order valence-electron chi connectivity index (χ3n) is 1.78. The van der Waals surface area contributed by atoms with E-state index in [1.165, 1.54) is 12.1 Å². The fourth-order valence-electron chi connectivity index (χ4n) is 1.11. The van der Waals surface area contributed by atoms with Crippen LogP contribution in [0.15, 0.2) is 30.9 Å². The zero-order valence-corrected chi connectivity index (χ0v) is 9.11. The molecule has 0 aliphatic carbocycles. The normalized spacial score (nSPS) is 11.6. The second-order valence-corrected chi connectivity index (χ2v) is 3.20. The number of hydrogen-bond acceptors (Lipinski definition) is 1. The summed E-state index contributed by atoms with van der Waals surface area (Å²) < 4.78 is 12.7. The van der Waals surface area contributed by atoms with Crippen LogP contribution in [0.5, 0.6) is 0 Å². The van der Waals surface area contributed by atoms with Gasteiger partial charge in [-0.2, -0.15) is 0 Å². The lowest BCUT2D eigenvalue weighted by molar-refractivity contribution is 0.625. The van der Waals surface area contributed by atoms with Crippen LogP contribution in [0.4, 0.5) is 4.39 Å². The molecule has 1 atom stereocenters. The zero-order chi connectivity index (χ0) is 9.84. The fraction of sp³-hybridized carbons (Fsp3) is 0.200. The Morgan fingerprint density at radius 1 is 1.57 bits per heavy atom. The molecule has 0 heterocycles. The van der Waals surface area contributed by atoms with E-state index in [1.54, 1.807) is 12.1 Å². The largest absolute Gasteiger partial charge is 0.324 e. The van der Waals surface area contributed by atoms with Gasteiger partial charge in [0.1, 0.15) is 5.82 Å². The SMILES string of the molecule is C=CC[C@@H](N)c1ccc(F)cc1Cl.Cl. The number of rotatable bonds is 3. The summed E-state index contributed by atoms with van der Waals surface area (Å²) >= 11 is 5.81. The van der Waals surface area contributed by atoms with Crippen LogP contribution < -0.4 is 5.73 Å². The molecule has 0 saturated heterocycles. The maximum atomic E-state index is 12.7. The van der Waals surface area contributed by atoms with Gasteiger partial charge in [0, 0.05) is 11.1 Å². The van der Waals surface area contributed by atoms with Crippen LogP contribution in [-0.4, -0.2) is 0 Å². The maximum Gasteiger partial charge on any atom is 0.124 e. The molecule has 1 aromatic carbocycles. The summed E-state index contributed by atoms with van der Waals surface area (Å²) in [7, 11) is 0. The number of nitrogens with two attached hydrogens (primary N) is 1. The molecule has 1 aromatic rings. The summed E-state index contributed by atoms with van der Waals surface area (Å²) in [4.78, 5) is 0. The van der Waals surface area contributed by atoms with Crippen molar-refractivity contribution >= 4 is 24.0 Å². The number of hydrogen-bond donors (Lipinski definition) is 1. The first-order valence-electron chi connectivity index (χ1n) is 3.96. The highest BCUT2D eigenvalue weighted by atomic mass is 35.5. The van der Waals surface area contributed by atoms with Gasteiger partial charge in [-0.25, -0.2) is 4.39 Å². The molecule has 0 unspecified atom stereocenters. The topological polar surface area (TPSA) is 26.0 Å². The highest BCUT2D eigenvalue weighted by Gasteiger charge is 2.08. The maximum absolute atomic E-state index is 12.7. The molecule has 0 aromatic heterocycles. The molecule has 0 bridgehead atoms. The minimum Gasteiger partial charge on any atom is -0.324 e. The highest BCUT2D eigenvalue weighted by Crippen LogP contribution is 2.24. The minimum atomic E-state index is -0.348. The average Bonchev–Trinajstić information content (AvgIpc) is 2.04. The van der Waals surface area contributed by atoms with Gasteiger partial charge in [-0.05, 0) is 24.1 Å². The van der Waals surface area contributed by atoms with Gasteiger partial charge in [0.2, 0.25) is 0 Å². The Morgan fingerprint density at radius 3 is 2.71 bits per heavy atom. The van der Waals surface area contributed by atoms with Crippen molar-refractivity contribution in [1.29, 1.82) is 0 Å². The Labute approximate surface area is 94.2 Å². The summed E-state index contributed by atoms with van der Waals surface area (Å²) in [6.45, 7) is 3.58. The van der Waals surface area contributed by atoms with Crippen LogP contribution in [0, 0.1) is 5.82 Å². The molecular weight excluding hydrogens is 224 g/mol. The van der Waals surface area contributed by atoms with E-state index in [0.717, 1.165) is 5.56 Å². The van der Waals surface area contributed by atoms with Crippen molar-refractivity contribution in [3.05, 3.63) is 47.3 Å². The number of halogens is 3. The van der Waals surface area contributed by atoms with Gasteiger partial charge in [0.15, 0.2) is 0 Å².